The molecule has 0 spiro atoms. The molecule has 1 N–H and O–H groups in total. The molecule has 180 valence electrons. The summed E-state index contributed by atoms with van der Waals surface area (Å²) in [6.07, 6.45) is 3.09. The van der Waals surface area contributed by atoms with E-state index in [4.69, 9.17) is 9.26 Å². The first-order valence-electron chi connectivity index (χ1n) is 12.7. The molecule has 6 rings (SSSR count). The van der Waals surface area contributed by atoms with Crippen molar-refractivity contribution in [1.82, 2.24) is 15.0 Å². The number of hydrogen-bond acceptors (Lipinski definition) is 7. The average molecular weight is 463 g/mol. The minimum atomic E-state index is -0.174. The van der Waals surface area contributed by atoms with Crippen LogP contribution in [0.25, 0.3) is 11.0 Å². The van der Waals surface area contributed by atoms with Gasteiger partial charge in [-0.2, -0.15) is 0 Å². The van der Waals surface area contributed by atoms with Gasteiger partial charge in [0.15, 0.2) is 11.4 Å². The number of aromatic nitrogens is 1. The van der Waals surface area contributed by atoms with Gasteiger partial charge in [0.2, 0.25) is 0 Å². The van der Waals surface area contributed by atoms with Crippen LogP contribution in [0.3, 0.4) is 0 Å². The van der Waals surface area contributed by atoms with E-state index in [2.05, 4.69) is 56.3 Å². The maximum absolute atomic E-state index is 9.77. The summed E-state index contributed by atoms with van der Waals surface area (Å²) in [6.45, 7) is 7.54. The first kappa shape index (κ1) is 21.9. The molecule has 0 bridgehead atoms. The van der Waals surface area contributed by atoms with E-state index >= 15 is 0 Å². The van der Waals surface area contributed by atoms with E-state index in [0.717, 1.165) is 81.4 Å². The number of fused-ring (bicyclic) bond motifs is 2. The first-order valence-corrected chi connectivity index (χ1v) is 12.7. The fourth-order valence-corrected chi connectivity index (χ4v) is 5.85. The molecule has 1 aromatic heterocycles. The van der Waals surface area contributed by atoms with Crippen LogP contribution >= 0.6 is 0 Å². The molecule has 3 saturated heterocycles. The van der Waals surface area contributed by atoms with Crippen LogP contribution in [0, 0.1) is 5.92 Å². The molecule has 7 heteroatoms. The molecule has 1 unspecified atom stereocenters. The molecule has 2 aromatic carbocycles. The molecule has 3 aromatic rings. The molecular formula is C27H34N4O3. The highest BCUT2D eigenvalue weighted by atomic mass is 16.5. The van der Waals surface area contributed by atoms with Crippen LogP contribution in [0.1, 0.15) is 24.8 Å². The molecule has 0 radical (unpaired) electrons. The second-order valence-corrected chi connectivity index (χ2v) is 10.2. The van der Waals surface area contributed by atoms with Crippen LogP contribution < -0.4 is 9.64 Å². The van der Waals surface area contributed by atoms with Gasteiger partial charge in [0.1, 0.15) is 5.75 Å². The van der Waals surface area contributed by atoms with Crippen LogP contribution in [0.4, 0.5) is 5.82 Å². The van der Waals surface area contributed by atoms with Crippen LogP contribution in [0.15, 0.2) is 53.1 Å². The standard InChI is InChI=1S/C27H34N4O3/c32-23-10-11-29(18-23)15-20-4-3-5-24(14-20)33-19-21-8-9-22-17-31(13-12-30(22)16-21)27-25-6-1-2-7-26(25)34-28-27/h1-7,14,21-23,32H,8-13,15-19H2/t21-,22-,23?/m1/s1. The second kappa shape index (κ2) is 9.56. The van der Waals surface area contributed by atoms with Crippen molar-refractivity contribution in [2.75, 3.05) is 50.8 Å². The Morgan fingerprint density at radius 1 is 0.971 bits per heavy atom. The summed E-state index contributed by atoms with van der Waals surface area (Å²) in [7, 11) is 0. The zero-order chi connectivity index (χ0) is 22.9. The van der Waals surface area contributed by atoms with Gasteiger partial charge in [-0.05, 0) is 49.1 Å². The Balaban J connectivity index is 1.01. The smallest absolute Gasteiger partial charge is 0.180 e. The average Bonchev–Trinajstić information content (AvgIpc) is 3.48. The summed E-state index contributed by atoms with van der Waals surface area (Å²) in [5.74, 6) is 2.51. The SMILES string of the molecule is OC1CCN(Cc2cccc(OC[C@@H]3CC[C@@H]4CN(c5noc6ccccc56)CCN4C3)c2)C1. The Morgan fingerprint density at radius 3 is 2.82 bits per heavy atom. The van der Waals surface area contributed by atoms with Gasteiger partial charge < -0.3 is 19.3 Å². The van der Waals surface area contributed by atoms with E-state index in [0.29, 0.717) is 12.0 Å². The number of rotatable bonds is 6. The lowest BCUT2D eigenvalue weighted by Crippen LogP contribution is -2.57. The maximum Gasteiger partial charge on any atom is 0.180 e. The number of β-amino-alcohol motifs (C(OH)–C–C–N with tert-alkyl or cyclic N) is 1. The Hall–Kier alpha value is -2.61. The topological polar surface area (TPSA) is 65.2 Å². The summed E-state index contributed by atoms with van der Waals surface area (Å²) in [4.78, 5) is 7.35. The van der Waals surface area contributed by atoms with E-state index in [-0.39, 0.29) is 6.10 Å². The number of para-hydroxylation sites is 1. The van der Waals surface area contributed by atoms with Gasteiger partial charge in [0, 0.05) is 57.8 Å². The van der Waals surface area contributed by atoms with Gasteiger partial charge in [-0.1, -0.05) is 29.4 Å². The zero-order valence-corrected chi connectivity index (χ0v) is 19.7. The molecule has 3 atom stereocenters. The third kappa shape index (κ3) is 4.65. The number of likely N-dealkylation sites (tertiary alicyclic amines) is 1. The number of piperidine rings is 1. The van der Waals surface area contributed by atoms with Crippen molar-refractivity contribution < 1.29 is 14.4 Å². The van der Waals surface area contributed by atoms with Crippen molar-refractivity contribution in [3.63, 3.8) is 0 Å². The van der Waals surface area contributed by atoms with Crippen molar-refractivity contribution in [3.05, 3.63) is 54.1 Å². The summed E-state index contributed by atoms with van der Waals surface area (Å²) in [6, 6.07) is 17.2. The predicted octanol–water partition coefficient (Wildman–Crippen LogP) is 3.37. The number of hydrogen-bond donors (Lipinski definition) is 1. The third-order valence-corrected chi connectivity index (χ3v) is 7.70. The number of aliphatic hydroxyl groups excluding tert-OH is 1. The van der Waals surface area contributed by atoms with Gasteiger partial charge in [-0.15, -0.1) is 0 Å². The molecule has 34 heavy (non-hydrogen) atoms. The molecule has 7 nitrogen and oxygen atoms in total. The van der Waals surface area contributed by atoms with Gasteiger partial charge in [-0.3, -0.25) is 9.80 Å². The van der Waals surface area contributed by atoms with Crippen LogP contribution in [-0.4, -0.2) is 78.1 Å². The first-order chi connectivity index (χ1) is 16.7. The summed E-state index contributed by atoms with van der Waals surface area (Å²) >= 11 is 0. The van der Waals surface area contributed by atoms with Crippen molar-refractivity contribution in [3.8, 4) is 5.75 Å². The quantitative estimate of drug-likeness (QED) is 0.603. The van der Waals surface area contributed by atoms with Crippen molar-refractivity contribution in [2.24, 2.45) is 5.92 Å². The zero-order valence-electron chi connectivity index (χ0n) is 19.7. The highest BCUT2D eigenvalue weighted by Gasteiger charge is 2.34. The van der Waals surface area contributed by atoms with E-state index in [9.17, 15) is 5.11 Å². The lowest BCUT2D eigenvalue weighted by Gasteiger charge is -2.46. The number of ether oxygens (including phenoxy) is 1. The Bertz CT molecular complexity index is 1120. The fourth-order valence-electron chi connectivity index (χ4n) is 5.85. The molecule has 0 aliphatic carbocycles. The third-order valence-electron chi connectivity index (χ3n) is 7.70. The monoisotopic (exact) mass is 462 g/mol. The van der Waals surface area contributed by atoms with Crippen LogP contribution in [0.2, 0.25) is 0 Å². The molecule has 3 aliphatic rings. The molecule has 0 amide bonds. The molecule has 0 saturated carbocycles. The normalized spacial score (nSPS) is 26.1. The molecule has 4 heterocycles. The van der Waals surface area contributed by atoms with Gasteiger partial charge in [-0.25, -0.2) is 0 Å². The largest absolute Gasteiger partial charge is 0.493 e. The summed E-state index contributed by atoms with van der Waals surface area (Å²) in [5, 5.41) is 15.3. The highest BCUT2D eigenvalue weighted by molar-refractivity contribution is 5.88. The second-order valence-electron chi connectivity index (χ2n) is 10.2. The predicted molar refractivity (Wildman–Crippen MR) is 132 cm³/mol. The van der Waals surface area contributed by atoms with E-state index < -0.39 is 0 Å². The van der Waals surface area contributed by atoms with Crippen molar-refractivity contribution in [2.45, 2.75) is 38.0 Å². The van der Waals surface area contributed by atoms with Gasteiger partial charge in [0.25, 0.3) is 0 Å². The molecule has 3 aliphatic heterocycles. The van der Waals surface area contributed by atoms with Crippen molar-refractivity contribution in [1.29, 1.82) is 0 Å². The number of benzene rings is 2. The Kier molecular flexibility index (Phi) is 6.16. The Labute approximate surface area is 200 Å². The van der Waals surface area contributed by atoms with Crippen molar-refractivity contribution >= 4 is 16.8 Å². The lowest BCUT2D eigenvalue weighted by atomic mass is 9.91. The van der Waals surface area contributed by atoms with E-state index in [1.807, 2.05) is 12.1 Å². The lowest BCUT2D eigenvalue weighted by molar-refractivity contribution is 0.0726. The number of piperazine rings is 1. The number of nitrogens with zero attached hydrogens (tertiary/aromatic N) is 4. The van der Waals surface area contributed by atoms with Gasteiger partial charge >= 0.3 is 0 Å². The maximum atomic E-state index is 9.77. The summed E-state index contributed by atoms with van der Waals surface area (Å²) in [5.41, 5.74) is 2.12. The van der Waals surface area contributed by atoms with Crippen LogP contribution in [-0.2, 0) is 6.54 Å². The number of anilines is 1. The van der Waals surface area contributed by atoms with E-state index in [1.54, 1.807) is 0 Å². The minimum absolute atomic E-state index is 0.174. The van der Waals surface area contributed by atoms with E-state index in [1.165, 1.54) is 18.4 Å². The fraction of sp³-hybridized carbons (Fsp3) is 0.519. The Morgan fingerprint density at radius 2 is 1.91 bits per heavy atom. The van der Waals surface area contributed by atoms with Crippen LogP contribution in [0.5, 0.6) is 5.75 Å². The number of aliphatic hydroxyl groups is 1. The minimum Gasteiger partial charge on any atom is -0.493 e. The highest BCUT2D eigenvalue weighted by Crippen LogP contribution is 2.31. The summed E-state index contributed by atoms with van der Waals surface area (Å²) < 4.78 is 11.8. The molecular weight excluding hydrogens is 428 g/mol. The van der Waals surface area contributed by atoms with Gasteiger partial charge in [0.05, 0.1) is 18.1 Å². The molecule has 3 fully saturated rings.